The van der Waals surface area contributed by atoms with Crippen LogP contribution in [0, 0.1) is 5.92 Å². The van der Waals surface area contributed by atoms with Crippen molar-refractivity contribution in [3.05, 3.63) is 48.0 Å². The van der Waals surface area contributed by atoms with Crippen molar-refractivity contribution in [2.24, 2.45) is 5.92 Å². The molecule has 0 spiro atoms. The Hall–Kier alpha value is -1.38. The first kappa shape index (κ1) is 14.6. The fourth-order valence-electron chi connectivity index (χ4n) is 3.66. The Kier molecular flexibility index (Phi) is 4.27. The van der Waals surface area contributed by atoms with E-state index < -0.39 is 0 Å². The van der Waals surface area contributed by atoms with Crippen LogP contribution in [0.2, 0.25) is 0 Å². The molecule has 1 aliphatic heterocycles. The second-order valence-corrected chi connectivity index (χ2v) is 6.59. The fraction of sp³-hybridized carbons (Fsp3) is 0.474. The molecular weight excluding hydrogens is 256 g/mol. The summed E-state index contributed by atoms with van der Waals surface area (Å²) in [6, 6.07) is 16.6. The van der Waals surface area contributed by atoms with Gasteiger partial charge in [-0.1, -0.05) is 43.3 Å². The normalized spacial score (nSPS) is 24.5. The number of likely N-dealkylation sites (N-methyl/N-ethyl adjacent to an activating group) is 1. The first-order valence-electron chi connectivity index (χ1n) is 8.07. The predicted molar refractivity (Wildman–Crippen MR) is 90.6 cm³/mol. The highest BCUT2D eigenvalue weighted by Gasteiger charge is 2.27. The van der Waals surface area contributed by atoms with Crippen molar-refractivity contribution in [1.29, 1.82) is 0 Å². The van der Waals surface area contributed by atoms with E-state index in [1.807, 2.05) is 0 Å². The van der Waals surface area contributed by atoms with Crippen molar-refractivity contribution in [3.63, 3.8) is 0 Å². The van der Waals surface area contributed by atoms with Crippen LogP contribution in [0.25, 0.3) is 10.8 Å². The summed E-state index contributed by atoms with van der Waals surface area (Å²) in [5.74, 6) is 0.828. The molecule has 0 aromatic heterocycles. The first-order chi connectivity index (χ1) is 10.2. The highest BCUT2D eigenvalue weighted by molar-refractivity contribution is 5.83. The molecule has 1 heterocycles. The number of hydrogen-bond donors (Lipinski definition) is 1. The van der Waals surface area contributed by atoms with Crippen molar-refractivity contribution in [2.45, 2.75) is 32.4 Å². The minimum absolute atomic E-state index is 0.405. The summed E-state index contributed by atoms with van der Waals surface area (Å²) < 4.78 is 0. The number of hydrogen-bond acceptors (Lipinski definition) is 2. The lowest BCUT2D eigenvalue weighted by Gasteiger charge is -2.27. The Morgan fingerprint density at radius 3 is 2.57 bits per heavy atom. The quantitative estimate of drug-likeness (QED) is 0.917. The zero-order chi connectivity index (χ0) is 14.8. The van der Waals surface area contributed by atoms with Crippen LogP contribution in [-0.2, 0) is 0 Å². The maximum Gasteiger partial charge on any atom is 0.0447 e. The Morgan fingerprint density at radius 2 is 1.90 bits per heavy atom. The number of benzene rings is 2. The van der Waals surface area contributed by atoms with E-state index in [0.717, 1.165) is 12.5 Å². The van der Waals surface area contributed by atoms with Crippen LogP contribution in [0.15, 0.2) is 42.5 Å². The van der Waals surface area contributed by atoms with Crippen molar-refractivity contribution in [2.75, 3.05) is 20.1 Å². The predicted octanol–water partition coefficient (Wildman–Crippen LogP) is 3.83. The average Bonchev–Trinajstić information content (AvgIpc) is 2.82. The van der Waals surface area contributed by atoms with Gasteiger partial charge in [-0.15, -0.1) is 0 Å². The van der Waals surface area contributed by atoms with Crippen molar-refractivity contribution >= 4 is 10.8 Å². The van der Waals surface area contributed by atoms with Gasteiger partial charge in [-0.2, -0.15) is 0 Å². The largest absolute Gasteiger partial charge is 0.312 e. The molecule has 0 radical (unpaired) electrons. The number of fused-ring (bicyclic) bond motifs is 1. The molecule has 21 heavy (non-hydrogen) atoms. The van der Waals surface area contributed by atoms with Crippen LogP contribution in [-0.4, -0.2) is 31.1 Å². The number of nitrogens with zero attached hydrogens (tertiary/aromatic N) is 1. The van der Waals surface area contributed by atoms with Crippen LogP contribution in [0.3, 0.4) is 0 Å². The summed E-state index contributed by atoms with van der Waals surface area (Å²) in [6.45, 7) is 7.05. The third-order valence-corrected chi connectivity index (χ3v) is 4.85. The van der Waals surface area contributed by atoms with Crippen LogP contribution < -0.4 is 5.32 Å². The van der Waals surface area contributed by atoms with E-state index in [-0.39, 0.29) is 0 Å². The third-order valence-electron chi connectivity index (χ3n) is 4.85. The molecule has 1 N–H and O–H groups in total. The lowest BCUT2D eigenvalue weighted by atomic mass is 10.0. The maximum atomic E-state index is 3.50. The Labute approximate surface area is 128 Å². The molecule has 112 valence electrons. The molecule has 3 atom stereocenters. The van der Waals surface area contributed by atoms with Gasteiger partial charge in [0, 0.05) is 25.2 Å². The van der Waals surface area contributed by atoms with E-state index in [2.05, 4.69) is 73.6 Å². The van der Waals surface area contributed by atoms with E-state index in [0.29, 0.717) is 12.1 Å². The zero-order valence-electron chi connectivity index (χ0n) is 13.3. The second kappa shape index (κ2) is 6.17. The van der Waals surface area contributed by atoms with Crippen molar-refractivity contribution < 1.29 is 0 Å². The monoisotopic (exact) mass is 282 g/mol. The summed E-state index contributed by atoms with van der Waals surface area (Å²) in [4.78, 5) is 2.63. The molecule has 1 aliphatic rings. The first-order valence-corrected chi connectivity index (χ1v) is 8.07. The van der Waals surface area contributed by atoms with Gasteiger partial charge in [0.25, 0.3) is 0 Å². The molecule has 3 rings (SSSR count). The lowest BCUT2D eigenvalue weighted by molar-refractivity contribution is 0.238. The summed E-state index contributed by atoms with van der Waals surface area (Å²) in [6.07, 6.45) is 1.33. The number of rotatable bonds is 4. The molecule has 2 aromatic carbocycles. The van der Waals surface area contributed by atoms with E-state index in [1.165, 1.54) is 29.3 Å². The van der Waals surface area contributed by atoms with E-state index >= 15 is 0 Å². The van der Waals surface area contributed by atoms with Crippen molar-refractivity contribution in [1.82, 2.24) is 10.2 Å². The highest BCUT2D eigenvalue weighted by atomic mass is 15.2. The maximum absolute atomic E-state index is 3.50. The highest BCUT2D eigenvalue weighted by Crippen LogP contribution is 2.26. The van der Waals surface area contributed by atoms with Gasteiger partial charge in [0.15, 0.2) is 0 Å². The average molecular weight is 282 g/mol. The molecule has 2 heteroatoms. The number of nitrogens with one attached hydrogen (secondary N) is 1. The van der Waals surface area contributed by atoms with E-state index in [9.17, 15) is 0 Å². The van der Waals surface area contributed by atoms with Gasteiger partial charge >= 0.3 is 0 Å². The Balaban J connectivity index is 1.81. The molecule has 0 aliphatic carbocycles. The van der Waals surface area contributed by atoms with Gasteiger partial charge in [-0.3, -0.25) is 4.90 Å². The summed E-state index contributed by atoms with van der Waals surface area (Å²) >= 11 is 0. The minimum atomic E-state index is 0.405. The van der Waals surface area contributed by atoms with E-state index in [4.69, 9.17) is 0 Å². The lowest BCUT2D eigenvalue weighted by Crippen LogP contribution is -2.36. The van der Waals surface area contributed by atoms with E-state index in [1.54, 1.807) is 0 Å². The molecule has 3 unspecified atom stereocenters. The number of likely N-dealkylation sites (tertiary alicyclic amines) is 1. The topological polar surface area (TPSA) is 15.3 Å². The van der Waals surface area contributed by atoms with Gasteiger partial charge in [0.1, 0.15) is 0 Å². The minimum Gasteiger partial charge on any atom is -0.312 e. The Morgan fingerprint density at radius 1 is 1.14 bits per heavy atom. The summed E-state index contributed by atoms with van der Waals surface area (Å²) in [5, 5.41) is 6.15. The molecule has 2 aromatic rings. The van der Waals surface area contributed by atoms with Gasteiger partial charge < -0.3 is 5.32 Å². The van der Waals surface area contributed by atoms with Gasteiger partial charge in [0.05, 0.1) is 0 Å². The second-order valence-electron chi connectivity index (χ2n) is 6.59. The molecular formula is C19H26N2. The summed E-state index contributed by atoms with van der Waals surface area (Å²) in [5.41, 5.74) is 1.39. The molecule has 0 saturated carbocycles. The van der Waals surface area contributed by atoms with Crippen LogP contribution in [0.5, 0.6) is 0 Å². The van der Waals surface area contributed by atoms with Crippen LogP contribution in [0.4, 0.5) is 0 Å². The summed E-state index contributed by atoms with van der Waals surface area (Å²) in [7, 11) is 2.07. The SMILES string of the molecule is CNC(CN1CC(C)CC1C)c1ccc2ccccc2c1. The molecule has 2 nitrogen and oxygen atoms in total. The third kappa shape index (κ3) is 3.12. The van der Waals surface area contributed by atoms with Crippen LogP contribution >= 0.6 is 0 Å². The molecule has 1 saturated heterocycles. The van der Waals surface area contributed by atoms with Gasteiger partial charge in [-0.05, 0) is 48.7 Å². The molecule has 0 bridgehead atoms. The fourth-order valence-corrected chi connectivity index (χ4v) is 3.66. The smallest absolute Gasteiger partial charge is 0.0447 e. The zero-order valence-corrected chi connectivity index (χ0v) is 13.3. The van der Waals surface area contributed by atoms with Crippen LogP contribution in [0.1, 0.15) is 31.9 Å². The van der Waals surface area contributed by atoms with Gasteiger partial charge in [0.2, 0.25) is 0 Å². The molecule has 0 amide bonds. The molecule has 1 fully saturated rings. The van der Waals surface area contributed by atoms with Crippen molar-refractivity contribution in [3.8, 4) is 0 Å². The Bertz CT molecular complexity index is 607. The van der Waals surface area contributed by atoms with Gasteiger partial charge in [-0.25, -0.2) is 0 Å². The standard InChI is InChI=1S/C19H26N2/c1-14-10-15(2)21(12-14)13-19(20-3)18-9-8-16-6-4-5-7-17(16)11-18/h4-9,11,14-15,19-20H,10,12-13H2,1-3H3.